The molecule has 0 bridgehead atoms. The van der Waals surface area contributed by atoms with Crippen LogP contribution >= 0.6 is 0 Å². The Balaban J connectivity index is 1.59. The Morgan fingerprint density at radius 2 is 2.21 bits per heavy atom. The first-order valence-electron chi connectivity index (χ1n) is 6.42. The van der Waals surface area contributed by atoms with Gasteiger partial charge in [0.05, 0.1) is 12.7 Å². The van der Waals surface area contributed by atoms with Gasteiger partial charge in [-0.3, -0.25) is 4.79 Å². The third kappa shape index (κ3) is 2.54. The highest BCUT2D eigenvalue weighted by atomic mass is 19.3. The fourth-order valence-corrected chi connectivity index (χ4v) is 2.33. The standard InChI is InChI=1S/C12H15F2N3O2/c13-12(14)17-10(3-5-15-17)19-9-4-6-16(7-9)11(18)8-1-2-8/h3,5,8-9,12H,1-2,4,6-7H2. The summed E-state index contributed by atoms with van der Waals surface area (Å²) in [6.07, 6.45) is 3.67. The number of amides is 1. The average molecular weight is 271 g/mol. The van der Waals surface area contributed by atoms with E-state index in [-0.39, 0.29) is 23.8 Å². The molecule has 1 aromatic heterocycles. The number of carbonyl (C=O) groups excluding carboxylic acids is 1. The summed E-state index contributed by atoms with van der Waals surface area (Å²) in [4.78, 5) is 13.6. The molecule has 2 heterocycles. The van der Waals surface area contributed by atoms with Crippen LogP contribution < -0.4 is 4.74 Å². The van der Waals surface area contributed by atoms with Gasteiger partial charge in [-0.25, -0.2) is 0 Å². The zero-order valence-electron chi connectivity index (χ0n) is 10.3. The predicted molar refractivity (Wildman–Crippen MR) is 61.8 cm³/mol. The van der Waals surface area contributed by atoms with Crippen LogP contribution in [0.5, 0.6) is 5.88 Å². The molecule has 0 aromatic carbocycles. The molecule has 2 aliphatic rings. The van der Waals surface area contributed by atoms with E-state index in [9.17, 15) is 13.6 Å². The Morgan fingerprint density at radius 1 is 1.42 bits per heavy atom. The number of halogens is 2. The van der Waals surface area contributed by atoms with Crippen molar-refractivity contribution in [2.45, 2.75) is 31.9 Å². The Labute approximate surface area is 109 Å². The van der Waals surface area contributed by atoms with Crippen molar-refractivity contribution < 1.29 is 18.3 Å². The quantitative estimate of drug-likeness (QED) is 0.837. The van der Waals surface area contributed by atoms with Crippen LogP contribution in [0, 0.1) is 5.92 Å². The Morgan fingerprint density at radius 3 is 2.89 bits per heavy atom. The van der Waals surface area contributed by atoms with Crippen LogP contribution in [-0.2, 0) is 4.79 Å². The van der Waals surface area contributed by atoms with Crippen LogP contribution in [0.4, 0.5) is 8.78 Å². The summed E-state index contributed by atoms with van der Waals surface area (Å²) in [5.74, 6) is 0.416. The van der Waals surface area contributed by atoms with Crippen LogP contribution in [0.3, 0.4) is 0 Å². The highest BCUT2D eigenvalue weighted by molar-refractivity contribution is 5.81. The third-order valence-corrected chi connectivity index (χ3v) is 3.49. The lowest BCUT2D eigenvalue weighted by atomic mass is 10.3. The lowest BCUT2D eigenvalue weighted by Crippen LogP contribution is -2.32. The number of carbonyl (C=O) groups is 1. The van der Waals surface area contributed by atoms with Crippen molar-refractivity contribution in [1.82, 2.24) is 14.7 Å². The Kier molecular flexibility index (Phi) is 3.12. The van der Waals surface area contributed by atoms with Crippen molar-refractivity contribution >= 4 is 5.91 Å². The zero-order chi connectivity index (χ0) is 13.4. The van der Waals surface area contributed by atoms with Crippen molar-refractivity contribution in [3.05, 3.63) is 12.3 Å². The van der Waals surface area contributed by atoms with Gasteiger partial charge in [-0.2, -0.15) is 18.6 Å². The highest BCUT2D eigenvalue weighted by Crippen LogP contribution is 2.32. The molecule has 104 valence electrons. The zero-order valence-corrected chi connectivity index (χ0v) is 10.3. The summed E-state index contributed by atoms with van der Waals surface area (Å²) in [6.45, 7) is -1.59. The number of hydrogen-bond acceptors (Lipinski definition) is 3. The van der Waals surface area contributed by atoms with E-state index < -0.39 is 6.55 Å². The van der Waals surface area contributed by atoms with Gasteiger partial charge in [0.1, 0.15) is 6.10 Å². The number of alkyl halides is 2. The second-order valence-electron chi connectivity index (χ2n) is 4.98. The molecular weight excluding hydrogens is 256 g/mol. The van der Waals surface area contributed by atoms with E-state index in [0.29, 0.717) is 24.2 Å². The lowest BCUT2D eigenvalue weighted by Gasteiger charge is -2.17. The molecule has 5 nitrogen and oxygen atoms in total. The van der Waals surface area contributed by atoms with Crippen LogP contribution in [0.2, 0.25) is 0 Å². The Bertz CT molecular complexity index is 473. The van der Waals surface area contributed by atoms with E-state index in [4.69, 9.17) is 4.74 Å². The minimum Gasteiger partial charge on any atom is -0.472 e. The molecule has 0 spiro atoms. The molecular formula is C12H15F2N3O2. The molecule has 1 saturated carbocycles. The fourth-order valence-electron chi connectivity index (χ4n) is 2.33. The first-order chi connectivity index (χ1) is 9.15. The van der Waals surface area contributed by atoms with Crippen LogP contribution in [-0.4, -0.2) is 39.8 Å². The molecule has 7 heteroatoms. The maximum absolute atomic E-state index is 12.6. The van der Waals surface area contributed by atoms with Crippen LogP contribution in [0.25, 0.3) is 0 Å². The molecule has 19 heavy (non-hydrogen) atoms. The number of rotatable bonds is 4. The van der Waals surface area contributed by atoms with Crippen molar-refractivity contribution in [1.29, 1.82) is 0 Å². The van der Waals surface area contributed by atoms with Crippen molar-refractivity contribution in [3.63, 3.8) is 0 Å². The number of aromatic nitrogens is 2. The second-order valence-corrected chi connectivity index (χ2v) is 4.98. The maximum atomic E-state index is 12.6. The topological polar surface area (TPSA) is 47.4 Å². The summed E-state index contributed by atoms with van der Waals surface area (Å²) in [6, 6.07) is 1.41. The molecule has 1 aliphatic heterocycles. The molecule has 1 amide bonds. The van der Waals surface area contributed by atoms with E-state index in [1.54, 1.807) is 4.90 Å². The minimum absolute atomic E-state index is 0.0562. The second kappa shape index (κ2) is 4.79. The van der Waals surface area contributed by atoms with Gasteiger partial charge in [0, 0.05) is 24.9 Å². The van der Waals surface area contributed by atoms with Crippen LogP contribution in [0.15, 0.2) is 12.3 Å². The number of hydrogen-bond donors (Lipinski definition) is 0. The molecule has 1 unspecified atom stereocenters. The van der Waals surface area contributed by atoms with Crippen molar-refractivity contribution in [3.8, 4) is 5.88 Å². The van der Waals surface area contributed by atoms with Gasteiger partial charge < -0.3 is 9.64 Å². The molecule has 1 aliphatic carbocycles. The molecule has 1 saturated heterocycles. The number of ether oxygens (including phenoxy) is 1. The molecule has 3 rings (SSSR count). The number of nitrogens with zero attached hydrogens (tertiary/aromatic N) is 3. The normalized spacial score (nSPS) is 23.1. The van der Waals surface area contributed by atoms with Crippen molar-refractivity contribution in [2.75, 3.05) is 13.1 Å². The molecule has 0 N–H and O–H groups in total. The van der Waals surface area contributed by atoms with E-state index in [0.717, 1.165) is 12.8 Å². The lowest BCUT2D eigenvalue weighted by molar-refractivity contribution is -0.131. The fraction of sp³-hybridized carbons (Fsp3) is 0.667. The van der Waals surface area contributed by atoms with Crippen LogP contribution in [0.1, 0.15) is 25.8 Å². The van der Waals surface area contributed by atoms with Gasteiger partial charge in [-0.05, 0) is 12.8 Å². The SMILES string of the molecule is O=C(C1CC1)N1CCC(Oc2ccnn2C(F)F)C1. The van der Waals surface area contributed by atoms with E-state index in [2.05, 4.69) is 5.10 Å². The first kappa shape index (κ1) is 12.4. The summed E-state index contributed by atoms with van der Waals surface area (Å²) >= 11 is 0. The first-order valence-corrected chi connectivity index (χ1v) is 6.42. The predicted octanol–water partition coefficient (Wildman–Crippen LogP) is 1.67. The van der Waals surface area contributed by atoms with Gasteiger partial charge in [0.25, 0.3) is 0 Å². The monoisotopic (exact) mass is 271 g/mol. The average Bonchev–Trinajstić information content (AvgIpc) is 2.94. The van der Waals surface area contributed by atoms with E-state index >= 15 is 0 Å². The Hall–Kier alpha value is -1.66. The third-order valence-electron chi connectivity index (χ3n) is 3.49. The smallest absolute Gasteiger partial charge is 0.336 e. The van der Waals surface area contributed by atoms with Gasteiger partial charge in [0.2, 0.25) is 11.8 Å². The largest absolute Gasteiger partial charge is 0.472 e. The van der Waals surface area contributed by atoms with E-state index in [1.807, 2.05) is 0 Å². The molecule has 1 aromatic rings. The summed E-state index contributed by atoms with van der Waals surface area (Å²) in [5.41, 5.74) is 0. The number of likely N-dealkylation sites (tertiary alicyclic amines) is 1. The summed E-state index contributed by atoms with van der Waals surface area (Å²) in [5, 5.41) is 3.51. The van der Waals surface area contributed by atoms with E-state index in [1.165, 1.54) is 12.3 Å². The van der Waals surface area contributed by atoms with Crippen molar-refractivity contribution in [2.24, 2.45) is 5.92 Å². The summed E-state index contributed by atoms with van der Waals surface area (Å²) < 4.78 is 31.3. The van der Waals surface area contributed by atoms with Gasteiger partial charge in [-0.15, -0.1) is 0 Å². The summed E-state index contributed by atoms with van der Waals surface area (Å²) in [7, 11) is 0. The highest BCUT2D eigenvalue weighted by Gasteiger charge is 2.37. The molecule has 1 atom stereocenters. The van der Waals surface area contributed by atoms with Gasteiger partial charge >= 0.3 is 6.55 Å². The molecule has 2 fully saturated rings. The van der Waals surface area contributed by atoms with Gasteiger partial charge in [-0.1, -0.05) is 0 Å². The maximum Gasteiger partial charge on any atom is 0.336 e. The molecule has 0 radical (unpaired) electrons. The minimum atomic E-state index is -2.71. The van der Waals surface area contributed by atoms with Gasteiger partial charge in [0.15, 0.2) is 0 Å².